The lowest BCUT2D eigenvalue weighted by molar-refractivity contribution is -0.131. The minimum absolute atomic E-state index is 0.0436. The van der Waals surface area contributed by atoms with Crippen LogP contribution in [-0.2, 0) is 17.9 Å². The van der Waals surface area contributed by atoms with Gasteiger partial charge in [-0.15, -0.1) is 0 Å². The molecule has 1 aliphatic heterocycles. The molecule has 156 valence electrons. The number of aromatic nitrogens is 3. The molecule has 8 nitrogen and oxygen atoms in total. The van der Waals surface area contributed by atoms with E-state index in [1.54, 1.807) is 53.5 Å². The second-order valence-electron chi connectivity index (χ2n) is 7.57. The Hall–Kier alpha value is -3.99. The highest BCUT2D eigenvalue weighted by atomic mass is 16.2. The van der Waals surface area contributed by atoms with Crippen LogP contribution in [0.4, 0.5) is 0 Å². The van der Waals surface area contributed by atoms with Crippen molar-refractivity contribution >= 4 is 11.8 Å². The van der Waals surface area contributed by atoms with Gasteiger partial charge in [0.1, 0.15) is 0 Å². The summed E-state index contributed by atoms with van der Waals surface area (Å²) < 4.78 is 1.84. The van der Waals surface area contributed by atoms with Crippen LogP contribution >= 0.6 is 0 Å². The van der Waals surface area contributed by atoms with Crippen molar-refractivity contribution < 1.29 is 9.59 Å². The van der Waals surface area contributed by atoms with Gasteiger partial charge in [0.15, 0.2) is 0 Å². The van der Waals surface area contributed by atoms with Gasteiger partial charge < -0.3 is 9.80 Å². The van der Waals surface area contributed by atoms with E-state index in [0.29, 0.717) is 30.8 Å². The van der Waals surface area contributed by atoms with Gasteiger partial charge in [0.25, 0.3) is 5.91 Å². The fraction of sp³-hybridized carbons (Fsp3) is 0.261. The number of hydrogen-bond acceptors (Lipinski definition) is 5. The maximum atomic E-state index is 13.1. The van der Waals surface area contributed by atoms with E-state index in [1.165, 1.54) is 0 Å². The molecule has 0 aliphatic carbocycles. The molecule has 2 amide bonds. The molecular weight excluding hydrogens is 392 g/mol. The Bertz CT molecular complexity index is 1130. The van der Waals surface area contributed by atoms with Crippen LogP contribution < -0.4 is 0 Å². The third-order valence-electron chi connectivity index (χ3n) is 5.37. The molecule has 4 rings (SSSR count). The highest BCUT2D eigenvalue weighted by molar-refractivity contribution is 5.94. The maximum absolute atomic E-state index is 13.1. The standard InChI is InChI=1S/C23H22N6O2/c1-27(14-19-7-2-3-9-25-19)22(30)12-21-16-28(15-20-8-10-26-29(20)21)23(31)18-6-4-5-17(11-18)13-24/h2-11,21H,12,14-16H2,1H3/t21-/m1/s1. The zero-order chi connectivity index (χ0) is 21.8. The van der Waals surface area contributed by atoms with Crippen molar-refractivity contribution in [2.45, 2.75) is 25.6 Å². The van der Waals surface area contributed by atoms with E-state index < -0.39 is 0 Å². The fourth-order valence-electron chi connectivity index (χ4n) is 3.78. The first kappa shape index (κ1) is 20.3. The number of hydrogen-bond donors (Lipinski definition) is 0. The van der Waals surface area contributed by atoms with Crippen LogP contribution in [0.1, 0.15) is 39.8 Å². The Kier molecular flexibility index (Phi) is 5.76. The van der Waals surface area contributed by atoms with Crippen molar-refractivity contribution in [3.8, 4) is 6.07 Å². The van der Waals surface area contributed by atoms with Gasteiger partial charge in [-0.25, -0.2) is 0 Å². The van der Waals surface area contributed by atoms with Crippen molar-refractivity contribution in [2.75, 3.05) is 13.6 Å². The molecule has 8 heteroatoms. The number of fused-ring (bicyclic) bond motifs is 1. The lowest BCUT2D eigenvalue weighted by Crippen LogP contribution is -2.43. The van der Waals surface area contributed by atoms with Crippen LogP contribution in [0.15, 0.2) is 60.9 Å². The van der Waals surface area contributed by atoms with Crippen molar-refractivity contribution in [3.63, 3.8) is 0 Å². The van der Waals surface area contributed by atoms with Crippen LogP contribution in [0.2, 0.25) is 0 Å². The fourth-order valence-corrected chi connectivity index (χ4v) is 3.78. The SMILES string of the molecule is CN(Cc1ccccn1)C(=O)C[C@@H]1CN(C(=O)c2cccc(C#N)c2)Cc2ccnn21. The first-order valence-corrected chi connectivity index (χ1v) is 10.0. The minimum atomic E-state index is -0.263. The molecular formula is C23H22N6O2. The molecule has 1 aliphatic rings. The zero-order valence-corrected chi connectivity index (χ0v) is 17.2. The Balaban J connectivity index is 1.49. The molecule has 0 bridgehead atoms. The van der Waals surface area contributed by atoms with Crippen molar-refractivity contribution in [3.05, 3.63) is 83.4 Å². The normalized spacial score (nSPS) is 15.1. The summed E-state index contributed by atoms with van der Waals surface area (Å²) in [6.45, 7) is 1.19. The van der Waals surface area contributed by atoms with E-state index in [2.05, 4.69) is 16.2 Å². The largest absolute Gasteiger partial charge is 0.340 e. The summed E-state index contributed by atoms with van der Waals surface area (Å²) in [5.41, 5.74) is 2.59. The molecule has 1 atom stereocenters. The summed E-state index contributed by atoms with van der Waals surface area (Å²) in [7, 11) is 1.75. The van der Waals surface area contributed by atoms with Gasteiger partial charge in [-0.2, -0.15) is 10.4 Å². The maximum Gasteiger partial charge on any atom is 0.254 e. The monoisotopic (exact) mass is 414 g/mol. The summed E-state index contributed by atoms with van der Waals surface area (Å²) in [6.07, 6.45) is 3.62. The Morgan fingerprint density at radius 1 is 1.19 bits per heavy atom. The van der Waals surface area contributed by atoms with E-state index in [9.17, 15) is 9.59 Å². The predicted molar refractivity (Wildman–Crippen MR) is 112 cm³/mol. The first-order valence-electron chi connectivity index (χ1n) is 10.0. The number of carbonyl (C=O) groups excluding carboxylic acids is 2. The molecule has 3 aromatic rings. The number of carbonyl (C=O) groups is 2. The van der Waals surface area contributed by atoms with E-state index in [4.69, 9.17) is 5.26 Å². The van der Waals surface area contributed by atoms with Crippen molar-refractivity contribution in [1.29, 1.82) is 5.26 Å². The average molecular weight is 414 g/mol. The third-order valence-corrected chi connectivity index (χ3v) is 5.37. The van der Waals surface area contributed by atoms with Gasteiger partial charge in [-0.05, 0) is 36.4 Å². The number of pyridine rings is 1. The minimum Gasteiger partial charge on any atom is -0.340 e. The number of amides is 2. The van der Waals surface area contributed by atoms with Crippen molar-refractivity contribution in [2.24, 2.45) is 0 Å². The molecule has 3 heterocycles. The summed E-state index contributed by atoms with van der Waals surface area (Å²) in [5.74, 6) is -0.207. The van der Waals surface area contributed by atoms with Gasteiger partial charge in [0.05, 0.1) is 48.6 Å². The number of nitriles is 1. The molecule has 0 N–H and O–H groups in total. The Morgan fingerprint density at radius 2 is 2.06 bits per heavy atom. The van der Waals surface area contributed by atoms with E-state index in [1.807, 2.05) is 28.9 Å². The second kappa shape index (κ2) is 8.79. The highest BCUT2D eigenvalue weighted by Crippen LogP contribution is 2.25. The molecule has 0 spiro atoms. The molecule has 0 saturated carbocycles. The van der Waals surface area contributed by atoms with E-state index in [-0.39, 0.29) is 24.3 Å². The second-order valence-corrected chi connectivity index (χ2v) is 7.57. The highest BCUT2D eigenvalue weighted by Gasteiger charge is 2.31. The Labute approximate surface area is 180 Å². The lowest BCUT2D eigenvalue weighted by atomic mass is 10.1. The smallest absolute Gasteiger partial charge is 0.254 e. The molecule has 0 fully saturated rings. The van der Waals surface area contributed by atoms with Crippen LogP contribution in [0.3, 0.4) is 0 Å². The van der Waals surface area contributed by atoms with Gasteiger partial charge in [0, 0.05) is 31.5 Å². The van der Waals surface area contributed by atoms with Crippen LogP contribution in [-0.4, -0.2) is 50.0 Å². The number of rotatable bonds is 5. The topological polar surface area (TPSA) is 95.1 Å². The quantitative estimate of drug-likeness (QED) is 0.639. The lowest BCUT2D eigenvalue weighted by Gasteiger charge is -2.34. The molecule has 0 unspecified atom stereocenters. The number of benzene rings is 1. The summed E-state index contributed by atoms with van der Waals surface area (Å²) in [4.78, 5) is 33.6. The third kappa shape index (κ3) is 4.46. The van der Waals surface area contributed by atoms with E-state index in [0.717, 1.165) is 11.4 Å². The predicted octanol–water partition coefficient (Wildman–Crippen LogP) is 2.40. The van der Waals surface area contributed by atoms with Crippen LogP contribution in [0, 0.1) is 11.3 Å². The molecule has 1 aromatic carbocycles. The summed E-state index contributed by atoms with van der Waals surface area (Å²) in [5, 5.41) is 13.5. The molecule has 0 radical (unpaired) electrons. The first-order chi connectivity index (χ1) is 15.0. The number of nitrogens with zero attached hydrogens (tertiary/aromatic N) is 6. The van der Waals surface area contributed by atoms with E-state index >= 15 is 0 Å². The van der Waals surface area contributed by atoms with Gasteiger partial charge >= 0.3 is 0 Å². The zero-order valence-electron chi connectivity index (χ0n) is 17.2. The van der Waals surface area contributed by atoms with Gasteiger partial charge in [-0.1, -0.05) is 12.1 Å². The summed E-state index contributed by atoms with van der Waals surface area (Å²) >= 11 is 0. The van der Waals surface area contributed by atoms with Gasteiger partial charge in [-0.3, -0.25) is 19.3 Å². The molecule has 2 aromatic heterocycles. The average Bonchev–Trinajstić information content (AvgIpc) is 3.28. The summed E-state index contributed by atoms with van der Waals surface area (Å²) in [6, 6.07) is 15.9. The van der Waals surface area contributed by atoms with Crippen LogP contribution in [0.5, 0.6) is 0 Å². The molecule has 31 heavy (non-hydrogen) atoms. The molecule has 0 saturated heterocycles. The van der Waals surface area contributed by atoms with Crippen molar-refractivity contribution in [1.82, 2.24) is 24.6 Å². The Morgan fingerprint density at radius 3 is 2.84 bits per heavy atom. The van der Waals surface area contributed by atoms with Gasteiger partial charge in [0.2, 0.25) is 5.91 Å². The van der Waals surface area contributed by atoms with Crippen LogP contribution in [0.25, 0.3) is 0 Å².